The monoisotopic (exact) mass is 276 g/mol. The molecular weight excluding hydrogens is 256 g/mol. The molecule has 0 bridgehead atoms. The summed E-state index contributed by atoms with van der Waals surface area (Å²) in [6, 6.07) is 8.89. The predicted octanol–water partition coefficient (Wildman–Crippen LogP) is 1.73. The first-order valence-corrected chi connectivity index (χ1v) is 6.91. The van der Waals surface area contributed by atoms with Crippen molar-refractivity contribution in [3.05, 3.63) is 35.9 Å². The van der Waals surface area contributed by atoms with Gasteiger partial charge in [-0.2, -0.15) is 0 Å². The number of aliphatic carboxylic acids is 1. The molecule has 1 aromatic rings. The molecule has 2 amide bonds. The number of hydrogen-bond acceptors (Lipinski definition) is 2. The Kier molecular flexibility index (Phi) is 4.61. The van der Waals surface area contributed by atoms with Crippen LogP contribution in [-0.4, -0.2) is 41.1 Å². The van der Waals surface area contributed by atoms with E-state index in [-0.39, 0.29) is 11.9 Å². The molecule has 108 valence electrons. The van der Waals surface area contributed by atoms with Crippen molar-refractivity contribution in [2.45, 2.75) is 25.8 Å². The van der Waals surface area contributed by atoms with Crippen molar-refractivity contribution in [3.63, 3.8) is 0 Å². The van der Waals surface area contributed by atoms with Gasteiger partial charge in [-0.1, -0.05) is 37.3 Å². The van der Waals surface area contributed by atoms with Gasteiger partial charge in [-0.3, -0.25) is 0 Å². The molecule has 20 heavy (non-hydrogen) atoms. The van der Waals surface area contributed by atoms with Crippen LogP contribution in [0.1, 0.15) is 18.9 Å². The average molecular weight is 276 g/mol. The fourth-order valence-electron chi connectivity index (χ4n) is 2.61. The number of likely N-dealkylation sites (tertiary alicyclic amines) is 1. The lowest BCUT2D eigenvalue weighted by Gasteiger charge is -2.23. The highest BCUT2D eigenvalue weighted by atomic mass is 16.4. The van der Waals surface area contributed by atoms with Crippen molar-refractivity contribution >= 4 is 12.0 Å². The summed E-state index contributed by atoms with van der Waals surface area (Å²) in [7, 11) is 0. The number of nitrogens with one attached hydrogen (secondary N) is 1. The topological polar surface area (TPSA) is 69.6 Å². The van der Waals surface area contributed by atoms with Crippen LogP contribution < -0.4 is 5.32 Å². The van der Waals surface area contributed by atoms with Crippen molar-refractivity contribution in [1.29, 1.82) is 0 Å². The van der Waals surface area contributed by atoms with Crippen molar-refractivity contribution in [1.82, 2.24) is 10.2 Å². The first-order valence-electron chi connectivity index (χ1n) is 6.91. The first kappa shape index (κ1) is 14.4. The number of nitrogens with zero attached hydrogens (tertiary/aromatic N) is 1. The third kappa shape index (κ3) is 3.29. The lowest BCUT2D eigenvalue weighted by molar-refractivity contribution is -0.142. The van der Waals surface area contributed by atoms with Crippen molar-refractivity contribution in [2.24, 2.45) is 5.92 Å². The van der Waals surface area contributed by atoms with Gasteiger partial charge in [0.15, 0.2) is 0 Å². The molecule has 1 aromatic carbocycles. The van der Waals surface area contributed by atoms with E-state index >= 15 is 0 Å². The van der Waals surface area contributed by atoms with Crippen LogP contribution in [0, 0.1) is 5.92 Å². The minimum atomic E-state index is -0.923. The van der Waals surface area contributed by atoms with Crippen LogP contribution in [0.4, 0.5) is 4.79 Å². The van der Waals surface area contributed by atoms with Gasteiger partial charge >= 0.3 is 12.0 Å². The fourth-order valence-corrected chi connectivity index (χ4v) is 2.61. The molecule has 0 aromatic heterocycles. The third-order valence-corrected chi connectivity index (χ3v) is 3.75. The van der Waals surface area contributed by atoms with Crippen LogP contribution in [0.2, 0.25) is 0 Å². The second-order valence-corrected chi connectivity index (χ2v) is 5.21. The van der Waals surface area contributed by atoms with Crippen LogP contribution >= 0.6 is 0 Å². The molecule has 1 aliphatic heterocycles. The molecular formula is C15H20N2O3. The SMILES string of the molecule is CC1CCN(C(=O)NCCc2ccccc2)C1C(=O)O. The van der Waals surface area contributed by atoms with Crippen LogP contribution in [-0.2, 0) is 11.2 Å². The van der Waals surface area contributed by atoms with E-state index in [0.717, 1.165) is 18.4 Å². The number of rotatable bonds is 4. The smallest absolute Gasteiger partial charge is 0.326 e. The normalized spacial score (nSPS) is 21.8. The van der Waals surface area contributed by atoms with Crippen LogP contribution in [0.5, 0.6) is 0 Å². The highest BCUT2D eigenvalue weighted by Gasteiger charge is 2.39. The Labute approximate surface area is 118 Å². The largest absolute Gasteiger partial charge is 0.480 e. The number of carboxylic acids is 1. The molecule has 0 radical (unpaired) electrons. The minimum absolute atomic E-state index is 0.00683. The maximum Gasteiger partial charge on any atom is 0.326 e. The van der Waals surface area contributed by atoms with E-state index in [4.69, 9.17) is 0 Å². The standard InChI is InChI=1S/C15H20N2O3/c1-11-8-10-17(13(11)14(18)19)15(20)16-9-7-12-5-3-2-4-6-12/h2-6,11,13H,7-10H2,1H3,(H,16,20)(H,18,19). The van der Waals surface area contributed by atoms with Gasteiger partial charge in [0.2, 0.25) is 0 Å². The van der Waals surface area contributed by atoms with E-state index in [0.29, 0.717) is 13.1 Å². The summed E-state index contributed by atoms with van der Waals surface area (Å²) < 4.78 is 0. The molecule has 0 spiro atoms. The Hall–Kier alpha value is -2.04. The van der Waals surface area contributed by atoms with Gasteiger partial charge in [-0.25, -0.2) is 9.59 Å². The summed E-state index contributed by atoms with van der Waals surface area (Å²) in [4.78, 5) is 24.7. The molecule has 1 saturated heterocycles. The zero-order valence-electron chi connectivity index (χ0n) is 11.6. The van der Waals surface area contributed by atoms with Crippen molar-refractivity contribution in [3.8, 4) is 0 Å². The van der Waals surface area contributed by atoms with Crippen molar-refractivity contribution < 1.29 is 14.7 Å². The number of carbonyl (C=O) groups excluding carboxylic acids is 1. The number of carbonyl (C=O) groups is 2. The van der Waals surface area contributed by atoms with Crippen LogP contribution in [0.15, 0.2) is 30.3 Å². The van der Waals surface area contributed by atoms with Gasteiger partial charge in [-0.15, -0.1) is 0 Å². The lowest BCUT2D eigenvalue weighted by atomic mass is 10.0. The maximum absolute atomic E-state index is 12.0. The molecule has 1 fully saturated rings. The number of amides is 2. The third-order valence-electron chi connectivity index (χ3n) is 3.75. The van der Waals surface area contributed by atoms with E-state index in [9.17, 15) is 14.7 Å². The second-order valence-electron chi connectivity index (χ2n) is 5.21. The number of hydrogen-bond donors (Lipinski definition) is 2. The first-order chi connectivity index (χ1) is 9.59. The molecule has 1 heterocycles. The van der Waals surface area contributed by atoms with Gasteiger partial charge < -0.3 is 15.3 Å². The van der Waals surface area contributed by atoms with E-state index in [2.05, 4.69) is 5.32 Å². The zero-order chi connectivity index (χ0) is 14.5. The summed E-state index contributed by atoms with van der Waals surface area (Å²) in [5, 5.41) is 12.0. The Balaban J connectivity index is 1.84. The number of benzene rings is 1. The molecule has 0 saturated carbocycles. The average Bonchev–Trinajstić information content (AvgIpc) is 2.82. The Morgan fingerprint density at radius 1 is 1.35 bits per heavy atom. The maximum atomic E-state index is 12.0. The summed E-state index contributed by atoms with van der Waals surface area (Å²) >= 11 is 0. The summed E-state index contributed by atoms with van der Waals surface area (Å²) in [6.07, 6.45) is 1.48. The van der Waals surface area contributed by atoms with E-state index in [1.54, 1.807) is 0 Å². The van der Waals surface area contributed by atoms with Gasteiger partial charge in [0.1, 0.15) is 6.04 Å². The molecule has 2 N–H and O–H groups in total. The molecule has 0 aliphatic carbocycles. The molecule has 5 nitrogen and oxygen atoms in total. The van der Waals surface area contributed by atoms with Gasteiger partial charge in [-0.05, 0) is 24.3 Å². The van der Waals surface area contributed by atoms with Gasteiger partial charge in [0.05, 0.1) is 0 Å². The predicted molar refractivity (Wildman–Crippen MR) is 75.5 cm³/mol. The lowest BCUT2D eigenvalue weighted by Crippen LogP contribution is -2.47. The number of urea groups is 1. The summed E-state index contributed by atoms with van der Waals surface area (Å²) in [5.74, 6) is -0.916. The zero-order valence-corrected chi connectivity index (χ0v) is 11.6. The van der Waals surface area contributed by atoms with E-state index in [1.165, 1.54) is 4.90 Å². The van der Waals surface area contributed by atoms with Gasteiger partial charge in [0, 0.05) is 13.1 Å². The fraction of sp³-hybridized carbons (Fsp3) is 0.467. The van der Waals surface area contributed by atoms with Crippen molar-refractivity contribution in [2.75, 3.05) is 13.1 Å². The molecule has 2 unspecified atom stereocenters. The Morgan fingerprint density at radius 2 is 2.05 bits per heavy atom. The van der Waals surface area contributed by atoms with Crippen LogP contribution in [0.25, 0.3) is 0 Å². The molecule has 2 atom stereocenters. The van der Waals surface area contributed by atoms with Gasteiger partial charge in [0.25, 0.3) is 0 Å². The Bertz CT molecular complexity index is 475. The molecule has 1 aliphatic rings. The quantitative estimate of drug-likeness (QED) is 0.880. The Morgan fingerprint density at radius 3 is 2.70 bits per heavy atom. The molecule has 5 heteroatoms. The van der Waals surface area contributed by atoms with Crippen LogP contribution in [0.3, 0.4) is 0 Å². The minimum Gasteiger partial charge on any atom is -0.480 e. The highest BCUT2D eigenvalue weighted by molar-refractivity contribution is 5.83. The molecule has 2 rings (SSSR count). The highest BCUT2D eigenvalue weighted by Crippen LogP contribution is 2.23. The van der Waals surface area contributed by atoms with E-state index < -0.39 is 12.0 Å². The summed E-state index contributed by atoms with van der Waals surface area (Å²) in [6.45, 7) is 2.89. The number of carboxylic acid groups (broad SMARTS) is 1. The summed E-state index contributed by atoms with van der Waals surface area (Å²) in [5.41, 5.74) is 1.15. The second kappa shape index (κ2) is 6.41. The van der Waals surface area contributed by atoms with E-state index in [1.807, 2.05) is 37.3 Å².